The first-order valence-electron chi connectivity index (χ1n) is 5.72. The maximum atomic E-state index is 11.7. The van der Waals surface area contributed by atoms with Gasteiger partial charge in [0.2, 0.25) is 5.91 Å². The highest BCUT2D eigenvalue weighted by Gasteiger charge is 2.16. The van der Waals surface area contributed by atoms with Gasteiger partial charge in [-0.2, -0.15) is 0 Å². The molecule has 0 saturated carbocycles. The van der Waals surface area contributed by atoms with Crippen LogP contribution in [0.5, 0.6) is 0 Å². The number of nitrogens with one attached hydrogen (secondary N) is 2. The van der Waals surface area contributed by atoms with Crippen LogP contribution in [0.25, 0.3) is 0 Å². The Bertz CT molecular complexity index is 509. The van der Waals surface area contributed by atoms with Crippen molar-refractivity contribution in [3.8, 4) is 0 Å². The summed E-state index contributed by atoms with van der Waals surface area (Å²) in [5, 5.41) is 5.82. The number of benzene rings is 1. The molecule has 0 unspecified atom stereocenters. The Hall–Kier alpha value is -2.30. The smallest absolute Gasteiger partial charge is 0.332 e. The van der Waals surface area contributed by atoms with Crippen LogP contribution in [0.4, 0.5) is 11.4 Å². The molecule has 0 bridgehead atoms. The number of hydrogen-bond acceptors (Lipinski definition) is 4. The lowest BCUT2D eigenvalue weighted by Crippen LogP contribution is -2.11. The summed E-state index contributed by atoms with van der Waals surface area (Å²) in [6, 6.07) is 7.32. The standard InChI is InChI=1S/C13H14N2O3/c1-2-18-13(17)8-9-7-12(16)15-11-6-4-3-5-10(11)14-9/h3-6,8,14H,2,7H2,1H3,(H,15,16)/b9-8-. The SMILES string of the molecule is CCOC(=O)/C=C1/CC(=O)Nc2ccccc2N1. The molecule has 94 valence electrons. The van der Waals surface area contributed by atoms with E-state index in [1.807, 2.05) is 18.2 Å². The molecular formula is C13H14N2O3. The third kappa shape index (κ3) is 2.88. The first-order valence-corrected chi connectivity index (χ1v) is 5.72. The van der Waals surface area contributed by atoms with Gasteiger partial charge in [-0.25, -0.2) is 4.79 Å². The van der Waals surface area contributed by atoms with Gasteiger partial charge in [-0.05, 0) is 19.1 Å². The first kappa shape index (κ1) is 12.2. The molecule has 0 fully saturated rings. The van der Waals surface area contributed by atoms with Gasteiger partial charge >= 0.3 is 5.97 Å². The average molecular weight is 246 g/mol. The summed E-state index contributed by atoms with van der Waals surface area (Å²) < 4.78 is 4.82. The topological polar surface area (TPSA) is 67.4 Å². The number of carbonyl (C=O) groups excluding carboxylic acids is 2. The molecule has 5 heteroatoms. The number of rotatable bonds is 2. The number of ether oxygens (including phenoxy) is 1. The van der Waals surface area contributed by atoms with Crippen LogP contribution in [0.2, 0.25) is 0 Å². The summed E-state index contributed by atoms with van der Waals surface area (Å²) in [5.41, 5.74) is 1.99. The minimum atomic E-state index is -0.452. The summed E-state index contributed by atoms with van der Waals surface area (Å²) in [5.74, 6) is -0.616. The predicted octanol–water partition coefficient (Wildman–Crippen LogP) is 1.89. The van der Waals surface area contributed by atoms with Crippen molar-refractivity contribution in [3.05, 3.63) is 36.0 Å². The second kappa shape index (κ2) is 5.35. The number of esters is 1. The van der Waals surface area contributed by atoms with Crippen LogP contribution < -0.4 is 10.6 Å². The molecule has 1 heterocycles. The highest BCUT2D eigenvalue weighted by Crippen LogP contribution is 2.26. The van der Waals surface area contributed by atoms with Crippen LogP contribution in [0.3, 0.4) is 0 Å². The van der Waals surface area contributed by atoms with Crippen LogP contribution in [0, 0.1) is 0 Å². The van der Waals surface area contributed by atoms with E-state index >= 15 is 0 Å². The molecule has 2 rings (SSSR count). The fraction of sp³-hybridized carbons (Fsp3) is 0.231. The van der Waals surface area contributed by atoms with Crippen molar-refractivity contribution >= 4 is 23.3 Å². The third-order valence-corrected chi connectivity index (χ3v) is 2.43. The van der Waals surface area contributed by atoms with Crippen LogP contribution in [0.15, 0.2) is 36.0 Å². The van der Waals surface area contributed by atoms with E-state index in [1.165, 1.54) is 6.08 Å². The van der Waals surface area contributed by atoms with Gasteiger partial charge in [-0.1, -0.05) is 12.1 Å². The Kier molecular flexibility index (Phi) is 3.62. The van der Waals surface area contributed by atoms with E-state index in [0.29, 0.717) is 18.0 Å². The van der Waals surface area contributed by atoms with Crippen molar-refractivity contribution in [1.29, 1.82) is 0 Å². The summed E-state index contributed by atoms with van der Waals surface area (Å²) in [4.78, 5) is 23.0. The van der Waals surface area contributed by atoms with E-state index in [0.717, 1.165) is 5.69 Å². The summed E-state index contributed by atoms with van der Waals surface area (Å²) in [7, 11) is 0. The van der Waals surface area contributed by atoms with Crippen molar-refractivity contribution in [2.75, 3.05) is 17.2 Å². The largest absolute Gasteiger partial charge is 0.463 e. The molecule has 1 aromatic carbocycles. The zero-order valence-corrected chi connectivity index (χ0v) is 10.0. The van der Waals surface area contributed by atoms with Gasteiger partial charge in [0.1, 0.15) is 0 Å². The number of carbonyl (C=O) groups is 2. The number of amides is 1. The van der Waals surface area contributed by atoms with Crippen molar-refractivity contribution < 1.29 is 14.3 Å². The molecule has 0 saturated heterocycles. The van der Waals surface area contributed by atoms with Crippen LogP contribution in [0.1, 0.15) is 13.3 Å². The fourth-order valence-electron chi connectivity index (χ4n) is 1.70. The molecule has 1 aliphatic heterocycles. The number of anilines is 2. The van der Waals surface area contributed by atoms with E-state index < -0.39 is 5.97 Å². The predicted molar refractivity (Wildman–Crippen MR) is 68.0 cm³/mol. The van der Waals surface area contributed by atoms with E-state index in [1.54, 1.807) is 13.0 Å². The van der Waals surface area contributed by atoms with Crippen molar-refractivity contribution in [2.45, 2.75) is 13.3 Å². The molecule has 0 atom stereocenters. The third-order valence-electron chi connectivity index (χ3n) is 2.43. The van der Waals surface area contributed by atoms with E-state index in [2.05, 4.69) is 10.6 Å². The van der Waals surface area contributed by atoms with E-state index in [4.69, 9.17) is 4.74 Å². The van der Waals surface area contributed by atoms with Gasteiger partial charge in [0.25, 0.3) is 0 Å². The minimum absolute atomic E-state index is 0.119. The Morgan fingerprint density at radius 3 is 2.67 bits per heavy atom. The zero-order valence-electron chi connectivity index (χ0n) is 10.0. The van der Waals surface area contributed by atoms with Gasteiger partial charge in [-0.3, -0.25) is 4.79 Å². The molecule has 5 nitrogen and oxygen atoms in total. The maximum absolute atomic E-state index is 11.7. The molecule has 0 aromatic heterocycles. The normalized spacial score (nSPS) is 16.3. The van der Waals surface area contributed by atoms with Crippen LogP contribution >= 0.6 is 0 Å². The van der Waals surface area contributed by atoms with Crippen LogP contribution in [-0.2, 0) is 14.3 Å². The molecule has 1 aliphatic rings. The number of para-hydroxylation sites is 2. The Morgan fingerprint density at radius 2 is 2.00 bits per heavy atom. The van der Waals surface area contributed by atoms with E-state index in [-0.39, 0.29) is 12.3 Å². The Labute approximate surface area is 105 Å². The lowest BCUT2D eigenvalue weighted by Gasteiger charge is -2.07. The Morgan fingerprint density at radius 1 is 1.33 bits per heavy atom. The minimum Gasteiger partial charge on any atom is -0.463 e. The van der Waals surface area contributed by atoms with Gasteiger partial charge < -0.3 is 15.4 Å². The zero-order chi connectivity index (χ0) is 13.0. The lowest BCUT2D eigenvalue weighted by atomic mass is 10.2. The fourth-order valence-corrected chi connectivity index (χ4v) is 1.70. The van der Waals surface area contributed by atoms with Gasteiger partial charge in [0.05, 0.1) is 24.4 Å². The molecule has 0 spiro atoms. The summed E-state index contributed by atoms with van der Waals surface area (Å²) in [6.07, 6.45) is 1.43. The van der Waals surface area contributed by atoms with Crippen molar-refractivity contribution in [3.63, 3.8) is 0 Å². The van der Waals surface area contributed by atoms with Crippen molar-refractivity contribution in [1.82, 2.24) is 0 Å². The molecule has 2 N–H and O–H groups in total. The number of fused-ring (bicyclic) bond motifs is 1. The summed E-state index contributed by atoms with van der Waals surface area (Å²) >= 11 is 0. The summed E-state index contributed by atoms with van der Waals surface area (Å²) in [6.45, 7) is 2.05. The van der Waals surface area contributed by atoms with Crippen LogP contribution in [-0.4, -0.2) is 18.5 Å². The molecule has 18 heavy (non-hydrogen) atoms. The van der Waals surface area contributed by atoms with Gasteiger partial charge in [0.15, 0.2) is 0 Å². The maximum Gasteiger partial charge on any atom is 0.332 e. The van der Waals surface area contributed by atoms with E-state index in [9.17, 15) is 9.59 Å². The lowest BCUT2D eigenvalue weighted by molar-refractivity contribution is -0.137. The molecule has 1 amide bonds. The average Bonchev–Trinajstić information content (AvgIpc) is 2.46. The molecular weight excluding hydrogens is 232 g/mol. The number of hydrogen-bond donors (Lipinski definition) is 2. The quantitative estimate of drug-likeness (QED) is 0.617. The molecule has 0 aliphatic carbocycles. The van der Waals surface area contributed by atoms with Gasteiger partial charge in [-0.15, -0.1) is 0 Å². The highest BCUT2D eigenvalue weighted by atomic mass is 16.5. The monoisotopic (exact) mass is 246 g/mol. The Balaban J connectivity index is 2.25. The first-order chi connectivity index (χ1) is 8.69. The second-order valence-electron chi connectivity index (χ2n) is 3.82. The van der Waals surface area contributed by atoms with Gasteiger partial charge in [0, 0.05) is 11.8 Å². The second-order valence-corrected chi connectivity index (χ2v) is 3.82. The molecule has 0 radical (unpaired) electrons. The van der Waals surface area contributed by atoms with Crippen molar-refractivity contribution in [2.24, 2.45) is 0 Å². The highest BCUT2D eigenvalue weighted by molar-refractivity contribution is 5.99. The molecule has 1 aromatic rings.